The number of aliphatic hydroxyl groups excluding tert-OH is 1. The lowest BCUT2D eigenvalue weighted by Gasteiger charge is -2.41. The van der Waals surface area contributed by atoms with Gasteiger partial charge in [-0.3, -0.25) is 4.79 Å². The number of halogens is 3. The number of benzene rings is 1. The van der Waals surface area contributed by atoms with E-state index in [4.69, 9.17) is 5.11 Å². The number of piperazine rings is 1. The average Bonchev–Trinajstić information content (AvgIpc) is 2.91. The van der Waals surface area contributed by atoms with Crippen molar-refractivity contribution in [3.8, 4) is 0 Å². The lowest BCUT2D eigenvalue weighted by molar-refractivity contribution is -0.141. The fourth-order valence-electron chi connectivity index (χ4n) is 4.69. The number of hydrogen-bond acceptors (Lipinski definition) is 8. The zero-order valence-electron chi connectivity index (χ0n) is 22.4. The molecule has 0 saturated carbocycles. The zero-order chi connectivity index (χ0) is 28.3. The molecule has 0 radical (unpaired) electrons. The Morgan fingerprint density at radius 1 is 1.13 bits per heavy atom. The van der Waals surface area contributed by atoms with Crippen LogP contribution in [0.2, 0.25) is 0 Å². The monoisotopic (exact) mass is 543 g/mol. The van der Waals surface area contributed by atoms with Crippen molar-refractivity contribution in [1.82, 2.24) is 25.1 Å². The number of amides is 1. The number of carbonyl (C=O) groups is 1. The maximum atomic E-state index is 13.9. The Hall–Kier alpha value is -3.80. The molecule has 0 spiro atoms. The maximum absolute atomic E-state index is 13.9. The molecule has 1 unspecified atom stereocenters. The predicted octanol–water partition coefficient (Wildman–Crippen LogP) is 3.27. The number of aromatic nitrogens is 4. The summed E-state index contributed by atoms with van der Waals surface area (Å²) in [5.74, 6) is -0.241. The van der Waals surface area contributed by atoms with E-state index in [1.54, 1.807) is 4.90 Å². The van der Waals surface area contributed by atoms with E-state index in [1.807, 2.05) is 51.1 Å². The van der Waals surface area contributed by atoms with Crippen molar-refractivity contribution >= 4 is 17.7 Å². The Morgan fingerprint density at radius 2 is 1.85 bits per heavy atom. The van der Waals surface area contributed by atoms with E-state index in [0.29, 0.717) is 26.1 Å². The van der Waals surface area contributed by atoms with Gasteiger partial charge in [0.15, 0.2) is 11.5 Å². The van der Waals surface area contributed by atoms with Crippen molar-refractivity contribution in [3.05, 3.63) is 70.2 Å². The zero-order valence-corrected chi connectivity index (χ0v) is 22.4. The predicted molar refractivity (Wildman–Crippen MR) is 141 cm³/mol. The molecule has 3 aromatic rings. The number of alkyl halides is 3. The molecule has 1 fully saturated rings. The van der Waals surface area contributed by atoms with Crippen LogP contribution in [0, 0.1) is 13.8 Å². The largest absolute Gasteiger partial charge is 0.434 e. The minimum atomic E-state index is -4.85. The van der Waals surface area contributed by atoms with Crippen LogP contribution >= 0.6 is 0 Å². The molecule has 9 nitrogen and oxygen atoms in total. The van der Waals surface area contributed by atoms with Gasteiger partial charge in [-0.2, -0.15) is 18.3 Å². The lowest BCUT2D eigenvalue weighted by atomic mass is 10.0. The fraction of sp³-hybridized carbons (Fsp3) is 0.444. The molecule has 1 aliphatic rings. The highest BCUT2D eigenvalue weighted by atomic mass is 19.4. The summed E-state index contributed by atoms with van der Waals surface area (Å²) >= 11 is 0. The van der Waals surface area contributed by atoms with Crippen LogP contribution in [-0.4, -0.2) is 82.0 Å². The molecule has 1 amide bonds. The third-order valence-electron chi connectivity index (χ3n) is 7.05. The molecule has 3 heterocycles. The molecule has 2 aromatic heterocycles. The van der Waals surface area contributed by atoms with Crippen LogP contribution in [0.3, 0.4) is 0 Å². The van der Waals surface area contributed by atoms with Gasteiger partial charge in [-0.05, 0) is 37.5 Å². The minimum absolute atomic E-state index is 0.0898. The second-order valence-electron chi connectivity index (χ2n) is 9.75. The molecule has 12 heteroatoms. The third-order valence-corrected chi connectivity index (χ3v) is 7.05. The SMILES string of the molecule is Cc1c(Cc2ccccc2)nnc(N2CCN(c3ncc(C(=O)N(C)CCO)c(C(F)(F)F)n3)C(C)C2)c1C. The summed E-state index contributed by atoms with van der Waals surface area (Å²) in [5.41, 5.74) is 2.19. The van der Waals surface area contributed by atoms with Crippen LogP contribution < -0.4 is 9.80 Å². The first-order chi connectivity index (χ1) is 18.5. The van der Waals surface area contributed by atoms with E-state index in [2.05, 4.69) is 25.1 Å². The molecule has 4 rings (SSSR count). The van der Waals surface area contributed by atoms with Crippen molar-refractivity contribution in [1.29, 1.82) is 0 Å². The van der Waals surface area contributed by atoms with Crippen molar-refractivity contribution in [3.63, 3.8) is 0 Å². The highest BCUT2D eigenvalue weighted by molar-refractivity contribution is 5.95. The standard InChI is InChI=1S/C27H32F3N7O2/c1-17-16-36(24-19(3)18(2)22(33-34-24)14-20-8-6-5-7-9-20)10-11-37(17)26-31-15-21(23(32-26)27(28,29)30)25(39)35(4)12-13-38/h5-9,15,17,38H,10-14,16H2,1-4H3. The minimum Gasteiger partial charge on any atom is -0.395 e. The fourth-order valence-corrected chi connectivity index (χ4v) is 4.69. The maximum Gasteiger partial charge on any atom is 0.434 e. The number of carbonyl (C=O) groups excluding carboxylic acids is 1. The molecule has 1 N–H and O–H groups in total. The Morgan fingerprint density at radius 3 is 2.49 bits per heavy atom. The van der Waals surface area contributed by atoms with Crippen LogP contribution in [0.4, 0.5) is 24.9 Å². The van der Waals surface area contributed by atoms with E-state index in [-0.39, 0.29) is 25.1 Å². The van der Waals surface area contributed by atoms with E-state index in [1.165, 1.54) is 7.05 Å². The first kappa shape index (κ1) is 28.2. The van der Waals surface area contributed by atoms with Gasteiger partial charge in [0.1, 0.15) is 0 Å². The smallest absolute Gasteiger partial charge is 0.395 e. The van der Waals surface area contributed by atoms with Gasteiger partial charge in [0.05, 0.1) is 17.9 Å². The Labute approximate surface area is 225 Å². The van der Waals surface area contributed by atoms with Crippen LogP contribution in [-0.2, 0) is 12.6 Å². The number of hydrogen-bond donors (Lipinski definition) is 1. The summed E-state index contributed by atoms with van der Waals surface area (Å²) < 4.78 is 41.7. The van der Waals surface area contributed by atoms with Crippen molar-refractivity contribution in [2.24, 2.45) is 0 Å². The van der Waals surface area contributed by atoms with E-state index >= 15 is 0 Å². The summed E-state index contributed by atoms with van der Waals surface area (Å²) in [6.07, 6.45) is -3.25. The number of likely N-dealkylation sites (N-methyl/N-ethyl adjacent to an activating group) is 1. The normalized spacial score (nSPS) is 15.9. The highest BCUT2D eigenvalue weighted by Gasteiger charge is 2.40. The quantitative estimate of drug-likeness (QED) is 0.485. The summed E-state index contributed by atoms with van der Waals surface area (Å²) in [7, 11) is 1.31. The van der Waals surface area contributed by atoms with Gasteiger partial charge in [-0.25, -0.2) is 9.97 Å². The van der Waals surface area contributed by atoms with Gasteiger partial charge in [0.25, 0.3) is 5.91 Å². The summed E-state index contributed by atoms with van der Waals surface area (Å²) in [4.78, 5) is 25.3. The van der Waals surface area contributed by atoms with Crippen LogP contribution in [0.5, 0.6) is 0 Å². The molecule has 0 bridgehead atoms. The molecule has 1 saturated heterocycles. The first-order valence-electron chi connectivity index (χ1n) is 12.7. The van der Waals surface area contributed by atoms with Gasteiger partial charge in [0, 0.05) is 51.9 Å². The number of rotatable bonds is 7. The van der Waals surface area contributed by atoms with E-state index < -0.39 is 23.3 Å². The van der Waals surface area contributed by atoms with Crippen LogP contribution in [0.25, 0.3) is 0 Å². The third kappa shape index (κ3) is 6.11. The second kappa shape index (κ2) is 11.5. The topological polar surface area (TPSA) is 98.6 Å². The van der Waals surface area contributed by atoms with Crippen LogP contribution in [0.1, 0.15) is 45.4 Å². The molecular weight excluding hydrogens is 511 g/mol. The van der Waals surface area contributed by atoms with Crippen molar-refractivity contribution < 1.29 is 23.1 Å². The molecule has 39 heavy (non-hydrogen) atoms. The highest BCUT2D eigenvalue weighted by Crippen LogP contribution is 2.33. The Kier molecular flexibility index (Phi) is 8.34. The van der Waals surface area contributed by atoms with Crippen molar-refractivity contribution in [2.45, 2.75) is 39.4 Å². The molecule has 208 valence electrons. The Bertz CT molecular complexity index is 1320. The second-order valence-corrected chi connectivity index (χ2v) is 9.75. The lowest BCUT2D eigenvalue weighted by Crippen LogP contribution is -2.53. The van der Waals surface area contributed by atoms with Gasteiger partial charge in [-0.15, -0.1) is 5.10 Å². The number of anilines is 2. The van der Waals surface area contributed by atoms with E-state index in [9.17, 15) is 18.0 Å². The first-order valence-corrected chi connectivity index (χ1v) is 12.7. The van der Waals surface area contributed by atoms with Gasteiger partial charge >= 0.3 is 6.18 Å². The molecule has 1 aliphatic heterocycles. The van der Waals surface area contributed by atoms with Crippen molar-refractivity contribution in [2.75, 3.05) is 49.6 Å². The summed E-state index contributed by atoms with van der Waals surface area (Å²) in [6.45, 7) is 6.78. The summed E-state index contributed by atoms with van der Waals surface area (Å²) in [5, 5.41) is 18.1. The molecule has 1 atom stereocenters. The number of nitrogens with zero attached hydrogens (tertiary/aromatic N) is 7. The molecule has 0 aliphatic carbocycles. The van der Waals surface area contributed by atoms with Gasteiger partial charge in [0.2, 0.25) is 5.95 Å². The summed E-state index contributed by atoms with van der Waals surface area (Å²) in [6, 6.07) is 9.81. The van der Waals surface area contributed by atoms with Gasteiger partial charge in [-0.1, -0.05) is 30.3 Å². The molecular formula is C27H32F3N7O2. The number of aliphatic hydroxyl groups is 1. The van der Waals surface area contributed by atoms with Crippen LogP contribution in [0.15, 0.2) is 36.5 Å². The average molecular weight is 544 g/mol. The van der Waals surface area contributed by atoms with Gasteiger partial charge < -0.3 is 19.8 Å². The molecule has 1 aromatic carbocycles. The Balaban J connectivity index is 1.53. The van der Waals surface area contributed by atoms with E-state index in [0.717, 1.165) is 39.3 Å².